The summed E-state index contributed by atoms with van der Waals surface area (Å²) < 4.78 is 18.2. The number of pyridine rings is 1. The van der Waals surface area contributed by atoms with Crippen molar-refractivity contribution in [2.24, 2.45) is 0 Å². The van der Waals surface area contributed by atoms with Crippen molar-refractivity contribution >= 4 is 17.7 Å². The van der Waals surface area contributed by atoms with Crippen LogP contribution in [0.1, 0.15) is 12.5 Å². The molecule has 22 heavy (non-hydrogen) atoms. The quantitative estimate of drug-likeness (QED) is 0.797. The molecule has 0 spiro atoms. The number of halogens is 1. The molecule has 2 aromatic rings. The van der Waals surface area contributed by atoms with Crippen LogP contribution >= 0.6 is 11.8 Å². The highest BCUT2D eigenvalue weighted by Gasteiger charge is 2.07. The number of hydrogen-bond donors (Lipinski definition) is 1. The third kappa shape index (κ3) is 5.04. The smallest absolute Gasteiger partial charge is 0.230 e. The van der Waals surface area contributed by atoms with Gasteiger partial charge in [-0.2, -0.15) is 0 Å². The Bertz CT molecular complexity index is 620. The van der Waals surface area contributed by atoms with Gasteiger partial charge in [0.25, 0.3) is 0 Å². The molecule has 2 rings (SSSR count). The lowest BCUT2D eigenvalue weighted by molar-refractivity contribution is -0.118. The van der Waals surface area contributed by atoms with Gasteiger partial charge in [-0.05, 0) is 37.3 Å². The van der Waals surface area contributed by atoms with E-state index in [-0.39, 0.29) is 17.5 Å². The monoisotopic (exact) mass is 320 g/mol. The van der Waals surface area contributed by atoms with Gasteiger partial charge in [0.15, 0.2) is 0 Å². The maximum Gasteiger partial charge on any atom is 0.230 e. The van der Waals surface area contributed by atoms with E-state index in [1.807, 2.05) is 13.0 Å². The topological polar surface area (TPSA) is 51.2 Å². The molecule has 4 nitrogen and oxygen atoms in total. The van der Waals surface area contributed by atoms with Crippen molar-refractivity contribution in [2.45, 2.75) is 18.4 Å². The van der Waals surface area contributed by atoms with Crippen molar-refractivity contribution in [2.75, 3.05) is 12.4 Å². The second kappa shape index (κ2) is 8.38. The Morgan fingerprint density at radius 1 is 1.32 bits per heavy atom. The average Bonchev–Trinajstić information content (AvgIpc) is 2.54. The second-order valence-electron chi connectivity index (χ2n) is 4.42. The molecule has 1 aromatic heterocycles. The van der Waals surface area contributed by atoms with Gasteiger partial charge in [0.2, 0.25) is 11.8 Å². The van der Waals surface area contributed by atoms with Crippen molar-refractivity contribution in [1.82, 2.24) is 10.3 Å². The van der Waals surface area contributed by atoms with Crippen LogP contribution in [0.3, 0.4) is 0 Å². The Hall–Kier alpha value is -2.08. The summed E-state index contributed by atoms with van der Waals surface area (Å²) in [4.78, 5) is 16.8. The first-order valence-electron chi connectivity index (χ1n) is 6.90. The van der Waals surface area contributed by atoms with Crippen molar-refractivity contribution in [1.29, 1.82) is 0 Å². The number of amides is 1. The number of aromatic nitrogens is 1. The maximum atomic E-state index is 12.8. The van der Waals surface area contributed by atoms with Gasteiger partial charge in [-0.1, -0.05) is 6.07 Å². The molecule has 0 bridgehead atoms. The largest absolute Gasteiger partial charge is 0.478 e. The van der Waals surface area contributed by atoms with E-state index in [0.29, 0.717) is 19.0 Å². The molecular weight excluding hydrogens is 303 g/mol. The van der Waals surface area contributed by atoms with Gasteiger partial charge in [-0.25, -0.2) is 9.37 Å². The number of rotatable bonds is 7. The number of nitrogens with one attached hydrogen (secondary N) is 1. The van der Waals surface area contributed by atoms with E-state index in [0.717, 1.165) is 10.5 Å². The first-order valence-corrected chi connectivity index (χ1v) is 7.89. The summed E-state index contributed by atoms with van der Waals surface area (Å²) in [5, 5.41) is 2.83. The molecule has 0 atom stereocenters. The molecule has 1 heterocycles. The molecule has 0 saturated carbocycles. The summed E-state index contributed by atoms with van der Waals surface area (Å²) in [6, 6.07) is 9.74. The summed E-state index contributed by atoms with van der Waals surface area (Å²) >= 11 is 1.36. The van der Waals surface area contributed by atoms with E-state index < -0.39 is 0 Å². The van der Waals surface area contributed by atoms with E-state index in [4.69, 9.17) is 4.74 Å². The van der Waals surface area contributed by atoms with E-state index >= 15 is 0 Å². The van der Waals surface area contributed by atoms with E-state index in [2.05, 4.69) is 10.3 Å². The molecule has 1 amide bonds. The summed E-state index contributed by atoms with van der Waals surface area (Å²) in [7, 11) is 0. The first kappa shape index (κ1) is 16.3. The third-order valence-electron chi connectivity index (χ3n) is 2.79. The highest BCUT2D eigenvalue weighted by Crippen LogP contribution is 2.18. The van der Waals surface area contributed by atoms with Gasteiger partial charge >= 0.3 is 0 Å². The predicted molar refractivity (Wildman–Crippen MR) is 84.4 cm³/mol. The number of nitrogens with zero attached hydrogens (tertiary/aromatic N) is 1. The Morgan fingerprint density at radius 2 is 2.09 bits per heavy atom. The van der Waals surface area contributed by atoms with Gasteiger partial charge in [-0.15, -0.1) is 11.8 Å². The lowest BCUT2D eigenvalue weighted by atomic mass is 10.2. The van der Waals surface area contributed by atoms with Gasteiger partial charge in [-0.3, -0.25) is 4.79 Å². The Kier molecular flexibility index (Phi) is 6.21. The number of ether oxygens (including phenoxy) is 1. The molecular formula is C16H17FN2O2S. The minimum absolute atomic E-state index is 0.0966. The van der Waals surface area contributed by atoms with Crippen LogP contribution in [0.2, 0.25) is 0 Å². The van der Waals surface area contributed by atoms with Crippen molar-refractivity contribution in [3.8, 4) is 5.88 Å². The summed E-state index contributed by atoms with van der Waals surface area (Å²) in [6.07, 6.45) is 1.65. The molecule has 1 N–H and O–H groups in total. The maximum absolute atomic E-state index is 12.8. The van der Waals surface area contributed by atoms with Crippen LogP contribution in [0.4, 0.5) is 4.39 Å². The summed E-state index contributed by atoms with van der Waals surface area (Å²) in [5.41, 5.74) is 0.837. The minimum atomic E-state index is -0.283. The third-order valence-corrected chi connectivity index (χ3v) is 3.80. The fourth-order valence-corrected chi connectivity index (χ4v) is 2.48. The van der Waals surface area contributed by atoms with Crippen LogP contribution in [0, 0.1) is 5.82 Å². The van der Waals surface area contributed by atoms with Gasteiger partial charge in [0.05, 0.1) is 12.4 Å². The second-order valence-corrected chi connectivity index (χ2v) is 5.47. The predicted octanol–water partition coefficient (Wildman–Crippen LogP) is 3.03. The Labute approximate surface area is 133 Å². The van der Waals surface area contributed by atoms with Crippen LogP contribution in [0.5, 0.6) is 5.88 Å². The summed E-state index contributed by atoms with van der Waals surface area (Å²) in [5.74, 6) is 0.432. The molecule has 116 valence electrons. The van der Waals surface area contributed by atoms with Crippen LogP contribution in [0.15, 0.2) is 47.5 Å². The highest BCUT2D eigenvalue weighted by molar-refractivity contribution is 8.00. The van der Waals surface area contributed by atoms with Gasteiger partial charge in [0.1, 0.15) is 5.82 Å². The Balaban J connectivity index is 1.81. The SMILES string of the molecule is CCOc1ncccc1CNC(=O)CSc1ccc(F)cc1. The molecule has 6 heteroatoms. The zero-order valence-electron chi connectivity index (χ0n) is 12.2. The lowest BCUT2D eigenvalue weighted by Gasteiger charge is -2.09. The van der Waals surface area contributed by atoms with E-state index in [1.54, 1.807) is 24.4 Å². The molecule has 0 radical (unpaired) electrons. The van der Waals surface area contributed by atoms with Gasteiger partial charge < -0.3 is 10.1 Å². The normalized spacial score (nSPS) is 10.3. The number of carbonyl (C=O) groups is 1. The van der Waals surface area contributed by atoms with Crippen LogP contribution < -0.4 is 10.1 Å². The minimum Gasteiger partial charge on any atom is -0.478 e. The lowest BCUT2D eigenvalue weighted by Crippen LogP contribution is -2.25. The molecule has 0 fully saturated rings. The fraction of sp³-hybridized carbons (Fsp3) is 0.250. The number of hydrogen-bond acceptors (Lipinski definition) is 4. The number of thioether (sulfide) groups is 1. The molecule has 0 saturated heterocycles. The average molecular weight is 320 g/mol. The van der Waals surface area contributed by atoms with Crippen LogP contribution in [0.25, 0.3) is 0 Å². The standard InChI is InChI=1S/C16H17FN2O2S/c1-2-21-16-12(4-3-9-18-16)10-19-15(20)11-22-14-7-5-13(17)6-8-14/h3-9H,2,10-11H2,1H3,(H,19,20). The molecule has 0 aliphatic rings. The zero-order chi connectivity index (χ0) is 15.8. The van der Waals surface area contributed by atoms with Crippen molar-refractivity contribution < 1.29 is 13.9 Å². The van der Waals surface area contributed by atoms with Crippen molar-refractivity contribution in [3.05, 3.63) is 54.0 Å². The first-order chi connectivity index (χ1) is 10.7. The number of carbonyl (C=O) groups excluding carboxylic acids is 1. The Morgan fingerprint density at radius 3 is 2.82 bits per heavy atom. The highest BCUT2D eigenvalue weighted by atomic mass is 32.2. The molecule has 0 aliphatic carbocycles. The molecule has 1 aromatic carbocycles. The summed E-state index contributed by atoms with van der Waals surface area (Å²) in [6.45, 7) is 2.78. The van der Waals surface area contributed by atoms with E-state index in [1.165, 1.54) is 23.9 Å². The zero-order valence-corrected chi connectivity index (χ0v) is 13.0. The fourth-order valence-electron chi connectivity index (χ4n) is 1.75. The number of benzene rings is 1. The molecule has 0 unspecified atom stereocenters. The van der Waals surface area contributed by atoms with Crippen LogP contribution in [-0.2, 0) is 11.3 Å². The van der Waals surface area contributed by atoms with Crippen LogP contribution in [-0.4, -0.2) is 23.3 Å². The van der Waals surface area contributed by atoms with Gasteiger partial charge in [0, 0.05) is 23.2 Å². The van der Waals surface area contributed by atoms with E-state index in [9.17, 15) is 9.18 Å². The molecule has 0 aliphatic heterocycles. The van der Waals surface area contributed by atoms with Crippen molar-refractivity contribution in [3.63, 3.8) is 0 Å².